The maximum atomic E-state index is 14.0. The lowest BCUT2D eigenvalue weighted by Crippen LogP contribution is -2.70. The van der Waals surface area contributed by atoms with E-state index in [1.54, 1.807) is 33.8 Å². The molecule has 0 saturated heterocycles. The van der Waals surface area contributed by atoms with Gasteiger partial charge in [-0.15, -0.1) is 0 Å². The summed E-state index contributed by atoms with van der Waals surface area (Å²) in [4.78, 5) is 52.9. The van der Waals surface area contributed by atoms with Gasteiger partial charge in [0, 0.05) is 28.7 Å². The number of aliphatic hydroxyl groups is 4. The van der Waals surface area contributed by atoms with Crippen molar-refractivity contribution in [2.45, 2.75) is 56.9 Å². The van der Waals surface area contributed by atoms with E-state index in [1.807, 2.05) is 0 Å². The fourth-order valence-corrected chi connectivity index (χ4v) is 6.34. The Hall–Kier alpha value is -4.00. The van der Waals surface area contributed by atoms with Crippen molar-refractivity contribution in [3.8, 4) is 5.75 Å². The highest BCUT2D eigenvalue weighted by Crippen LogP contribution is 2.56. The topological polar surface area (TPSA) is 211 Å². The van der Waals surface area contributed by atoms with Gasteiger partial charge >= 0.3 is 0 Å². The molecular formula is C29H35N3O9. The SMILES string of the molecule is C[C@H]1c2ccc(/C=C\C(=O)NC(C)(C)C)c(O)c2C(O)=C2C(=O)[C@]3(O)C(O)=C(C(N)=O)C(=O)[C@@H](N(C)C)[C@@H]3[C@@H](O)[C@@H]21. The minimum absolute atomic E-state index is 0.140. The first-order chi connectivity index (χ1) is 18.9. The number of carbonyl (C=O) groups is 4. The molecule has 220 valence electrons. The van der Waals surface area contributed by atoms with Crippen LogP contribution in [0.25, 0.3) is 11.8 Å². The number of nitrogens with zero attached hydrogens (tertiary/aromatic N) is 1. The second-order valence-corrected chi connectivity index (χ2v) is 12.1. The van der Waals surface area contributed by atoms with Crippen molar-refractivity contribution in [3.63, 3.8) is 0 Å². The van der Waals surface area contributed by atoms with Gasteiger partial charge in [-0.05, 0) is 52.4 Å². The summed E-state index contributed by atoms with van der Waals surface area (Å²) in [5.74, 6) is -10.0. The summed E-state index contributed by atoms with van der Waals surface area (Å²) >= 11 is 0. The zero-order chi connectivity index (χ0) is 30.9. The van der Waals surface area contributed by atoms with Gasteiger partial charge < -0.3 is 36.6 Å². The average Bonchev–Trinajstić information content (AvgIpc) is 2.84. The van der Waals surface area contributed by atoms with Gasteiger partial charge in [0.25, 0.3) is 5.91 Å². The summed E-state index contributed by atoms with van der Waals surface area (Å²) in [6, 6.07) is 1.66. The van der Waals surface area contributed by atoms with Gasteiger partial charge in [0.1, 0.15) is 22.8 Å². The number of nitrogens with two attached hydrogens (primary N) is 1. The van der Waals surface area contributed by atoms with Crippen molar-refractivity contribution >= 4 is 35.2 Å². The molecule has 1 saturated carbocycles. The van der Waals surface area contributed by atoms with Gasteiger partial charge in [-0.25, -0.2) is 0 Å². The van der Waals surface area contributed by atoms with Crippen LogP contribution in [0.3, 0.4) is 0 Å². The van der Waals surface area contributed by atoms with Crippen molar-refractivity contribution < 1.29 is 44.7 Å². The maximum absolute atomic E-state index is 14.0. The molecule has 3 aliphatic rings. The van der Waals surface area contributed by atoms with Crippen LogP contribution in [-0.4, -0.2) is 91.2 Å². The number of amides is 2. The Labute approximate surface area is 236 Å². The molecule has 0 bridgehead atoms. The van der Waals surface area contributed by atoms with E-state index in [4.69, 9.17) is 5.73 Å². The number of likely N-dealkylation sites (N-methyl/N-ethyl adjacent to an activating group) is 1. The number of benzene rings is 1. The lowest BCUT2D eigenvalue weighted by atomic mass is 9.54. The van der Waals surface area contributed by atoms with Crippen molar-refractivity contribution in [1.82, 2.24) is 10.2 Å². The molecule has 0 spiro atoms. The first-order valence-corrected chi connectivity index (χ1v) is 13.0. The van der Waals surface area contributed by atoms with E-state index in [9.17, 15) is 44.7 Å². The molecule has 1 fully saturated rings. The fraction of sp³-hybridized carbons (Fsp3) is 0.448. The molecule has 12 nitrogen and oxygen atoms in total. The second kappa shape index (κ2) is 9.82. The van der Waals surface area contributed by atoms with Crippen molar-refractivity contribution in [2.24, 2.45) is 17.6 Å². The highest BCUT2D eigenvalue weighted by atomic mass is 16.4. The number of Topliss-reactive ketones (excluding diaryl/α,β-unsaturated/α-hetero) is 2. The van der Waals surface area contributed by atoms with Crippen LogP contribution in [-0.2, 0) is 19.2 Å². The highest BCUT2D eigenvalue weighted by Gasteiger charge is 2.68. The Morgan fingerprint density at radius 2 is 1.73 bits per heavy atom. The second-order valence-electron chi connectivity index (χ2n) is 12.1. The first kappa shape index (κ1) is 30.0. The third-order valence-electron chi connectivity index (χ3n) is 8.07. The maximum Gasteiger partial charge on any atom is 0.255 e. The van der Waals surface area contributed by atoms with Gasteiger partial charge in [-0.1, -0.05) is 19.1 Å². The third kappa shape index (κ3) is 4.42. The van der Waals surface area contributed by atoms with Crippen molar-refractivity contribution in [3.05, 3.63) is 51.8 Å². The Bertz CT molecular complexity index is 1470. The predicted molar refractivity (Wildman–Crippen MR) is 147 cm³/mol. The molecule has 1 aromatic rings. The van der Waals surface area contributed by atoms with E-state index in [0.717, 1.165) is 0 Å². The normalized spacial score (nSPS) is 29.9. The predicted octanol–water partition coefficient (Wildman–Crippen LogP) is 0.424. The molecule has 4 rings (SSSR count). The number of phenolic OH excluding ortho intramolecular Hbond substituents is 1. The zero-order valence-electron chi connectivity index (χ0n) is 23.6. The zero-order valence-corrected chi connectivity index (χ0v) is 23.6. The van der Waals surface area contributed by atoms with Gasteiger partial charge in [0.15, 0.2) is 11.4 Å². The minimum Gasteiger partial charge on any atom is -0.508 e. The molecule has 41 heavy (non-hydrogen) atoms. The average molecular weight is 570 g/mol. The van der Waals surface area contributed by atoms with Gasteiger partial charge in [-0.3, -0.25) is 24.1 Å². The van der Waals surface area contributed by atoms with Crippen LogP contribution >= 0.6 is 0 Å². The first-order valence-electron chi connectivity index (χ1n) is 13.0. The van der Waals surface area contributed by atoms with E-state index < -0.39 is 92.8 Å². The Balaban J connectivity index is 1.92. The lowest BCUT2D eigenvalue weighted by Gasteiger charge is -2.53. The number of carbonyl (C=O) groups excluding carboxylic acids is 4. The van der Waals surface area contributed by atoms with Crippen LogP contribution in [0.15, 0.2) is 35.1 Å². The number of fused-ring (bicyclic) bond motifs is 3. The summed E-state index contributed by atoms with van der Waals surface area (Å²) in [5, 5.41) is 59.6. The quantitative estimate of drug-likeness (QED) is 0.196. The van der Waals surface area contributed by atoms with Crippen LogP contribution < -0.4 is 11.1 Å². The fourth-order valence-electron chi connectivity index (χ4n) is 6.34. The molecule has 2 amide bonds. The standard InChI is InChI=1S/C29H35N3O9/c1-11-13-9-7-12(8-10-14(33)31-28(2,3)4)21(34)16(13)22(35)17-15(11)23(36)19-20(32(5)6)24(37)18(27(30)40)26(39)29(19,41)25(17)38/h7-11,15,19-20,23,34-36,39,41H,1-6H3,(H2,30,40)(H,31,33)/b10-8-/t11-,15+,19+,20-,23-,29-/m0/s1. The molecular weight excluding hydrogens is 534 g/mol. The van der Waals surface area contributed by atoms with Crippen LogP contribution in [0.4, 0.5) is 0 Å². The Kier molecular flexibility index (Phi) is 7.18. The van der Waals surface area contributed by atoms with Crippen LogP contribution in [0.5, 0.6) is 5.75 Å². The van der Waals surface area contributed by atoms with Crippen LogP contribution in [0.1, 0.15) is 50.3 Å². The molecule has 0 unspecified atom stereocenters. The molecule has 6 atom stereocenters. The summed E-state index contributed by atoms with van der Waals surface area (Å²) in [7, 11) is 2.89. The number of hydrogen-bond donors (Lipinski definition) is 7. The largest absolute Gasteiger partial charge is 0.508 e. The molecule has 0 aromatic heterocycles. The number of aromatic hydroxyl groups is 1. The summed E-state index contributed by atoms with van der Waals surface area (Å²) < 4.78 is 0. The van der Waals surface area contributed by atoms with Crippen LogP contribution in [0.2, 0.25) is 0 Å². The third-order valence-corrected chi connectivity index (χ3v) is 8.07. The van der Waals surface area contributed by atoms with E-state index in [1.165, 1.54) is 37.2 Å². The van der Waals surface area contributed by atoms with Crippen molar-refractivity contribution in [1.29, 1.82) is 0 Å². The molecule has 0 heterocycles. The number of ketones is 2. The summed E-state index contributed by atoms with van der Waals surface area (Å²) in [6.07, 6.45) is 0.853. The van der Waals surface area contributed by atoms with E-state index >= 15 is 0 Å². The summed E-state index contributed by atoms with van der Waals surface area (Å²) in [6.45, 7) is 7.04. The lowest BCUT2D eigenvalue weighted by molar-refractivity contribution is -0.169. The number of hydrogen-bond acceptors (Lipinski definition) is 10. The smallest absolute Gasteiger partial charge is 0.255 e. The molecule has 1 aromatic carbocycles. The van der Waals surface area contributed by atoms with E-state index in [0.29, 0.717) is 5.56 Å². The molecule has 0 radical (unpaired) electrons. The Morgan fingerprint density at radius 3 is 2.27 bits per heavy atom. The molecule has 12 heteroatoms. The van der Waals surface area contributed by atoms with Gasteiger partial charge in [0.2, 0.25) is 11.7 Å². The van der Waals surface area contributed by atoms with E-state index in [-0.39, 0.29) is 11.1 Å². The molecule has 0 aliphatic heterocycles. The van der Waals surface area contributed by atoms with Crippen molar-refractivity contribution in [2.75, 3.05) is 14.1 Å². The number of aliphatic hydroxyl groups excluding tert-OH is 3. The monoisotopic (exact) mass is 569 g/mol. The number of primary amides is 1. The minimum atomic E-state index is -2.98. The Morgan fingerprint density at radius 1 is 1.12 bits per heavy atom. The van der Waals surface area contributed by atoms with E-state index in [2.05, 4.69) is 5.32 Å². The molecule has 3 aliphatic carbocycles. The van der Waals surface area contributed by atoms with Gasteiger partial charge in [0.05, 0.1) is 23.6 Å². The summed E-state index contributed by atoms with van der Waals surface area (Å²) in [5.41, 5.74) is 0.725. The number of rotatable bonds is 4. The van der Waals surface area contributed by atoms with Gasteiger partial charge in [-0.2, -0.15) is 0 Å². The highest BCUT2D eigenvalue weighted by molar-refractivity contribution is 6.24. The number of nitrogens with one attached hydrogen (secondary N) is 1. The molecule has 8 N–H and O–H groups in total. The number of phenols is 1. The van der Waals surface area contributed by atoms with Crippen LogP contribution in [0, 0.1) is 11.8 Å².